The second kappa shape index (κ2) is 11.2. The molecule has 9 heteroatoms. The lowest BCUT2D eigenvalue weighted by Gasteiger charge is -2.43. The number of phenolic OH excluding ortho intramolecular Hbond substituents is 1. The first-order valence-electron chi connectivity index (χ1n) is 13.4. The molecule has 2 aromatic carbocycles. The van der Waals surface area contributed by atoms with Crippen LogP contribution in [0.15, 0.2) is 65.7 Å². The number of imide groups is 3. The predicted octanol–water partition coefficient (Wildman–Crippen LogP) is 4.69. The summed E-state index contributed by atoms with van der Waals surface area (Å²) >= 11 is 0. The van der Waals surface area contributed by atoms with Gasteiger partial charge in [0.25, 0.3) is 0 Å². The van der Waals surface area contributed by atoms with Crippen molar-refractivity contribution in [3.63, 3.8) is 0 Å². The number of phenols is 1. The van der Waals surface area contributed by atoms with E-state index in [1.54, 1.807) is 18.2 Å². The Bertz CT molecular complexity index is 1340. The molecule has 1 aliphatic carbocycles. The van der Waals surface area contributed by atoms with Gasteiger partial charge in [0.1, 0.15) is 5.75 Å². The summed E-state index contributed by atoms with van der Waals surface area (Å²) in [6.07, 6.45) is 3.03. The monoisotopic (exact) mass is 529 g/mol. The smallest absolute Gasteiger partial charge is 0.455 e. The Morgan fingerprint density at radius 1 is 1.13 bits per heavy atom. The summed E-state index contributed by atoms with van der Waals surface area (Å²) in [6, 6.07) is 17.0. The van der Waals surface area contributed by atoms with Crippen LogP contribution in [0.2, 0.25) is 6.32 Å². The highest BCUT2D eigenvalue weighted by Crippen LogP contribution is 2.51. The molecule has 0 bridgehead atoms. The van der Waals surface area contributed by atoms with E-state index < -0.39 is 48.9 Å². The lowest BCUT2D eigenvalue weighted by molar-refractivity contribution is -0.137. The maximum Gasteiger partial charge on any atom is 0.455 e. The third kappa shape index (κ3) is 5.16. The van der Waals surface area contributed by atoms with E-state index >= 15 is 0 Å². The largest absolute Gasteiger partial charge is 0.508 e. The fraction of sp³-hybridized carbons (Fsp3) is 0.367. The number of rotatable bonds is 6. The molecule has 2 N–H and O–H groups in total. The highest BCUT2D eigenvalue weighted by molar-refractivity contribution is 6.43. The van der Waals surface area contributed by atoms with Crippen LogP contribution in [0, 0.1) is 17.8 Å². The summed E-state index contributed by atoms with van der Waals surface area (Å²) in [6.45, 7) is 2.01. The SMILES string of the molecule is CCC1=C2[C@@H](CC/C(=C/c3cccc(O)c3)c3ccccc3)OB(O)C[C@@H]2[C@@H]2C(=O)N(C(=O)OC)C(=O)[C@@H]2C1. The van der Waals surface area contributed by atoms with Gasteiger partial charge in [-0.1, -0.05) is 61.0 Å². The number of hydrogen-bond donors (Lipinski definition) is 2. The second-order valence-corrected chi connectivity index (χ2v) is 10.3. The van der Waals surface area contributed by atoms with Crippen LogP contribution in [0.1, 0.15) is 43.7 Å². The van der Waals surface area contributed by atoms with Gasteiger partial charge >= 0.3 is 13.2 Å². The predicted molar refractivity (Wildman–Crippen MR) is 146 cm³/mol. The Kier molecular flexibility index (Phi) is 7.73. The van der Waals surface area contributed by atoms with Gasteiger partial charge in [-0.2, -0.15) is 4.90 Å². The molecule has 0 saturated carbocycles. The van der Waals surface area contributed by atoms with Crippen LogP contribution in [0.3, 0.4) is 0 Å². The molecule has 2 aromatic rings. The Morgan fingerprint density at radius 3 is 2.59 bits per heavy atom. The topological polar surface area (TPSA) is 113 Å². The number of methoxy groups -OCH3 is 1. The van der Waals surface area contributed by atoms with Gasteiger partial charge < -0.3 is 19.5 Å². The summed E-state index contributed by atoms with van der Waals surface area (Å²) in [5.41, 5.74) is 4.96. The van der Waals surface area contributed by atoms with Crippen LogP contribution in [0.25, 0.3) is 11.6 Å². The first-order valence-corrected chi connectivity index (χ1v) is 13.4. The molecule has 8 nitrogen and oxygen atoms in total. The van der Waals surface area contributed by atoms with Gasteiger partial charge in [-0.3, -0.25) is 9.59 Å². The van der Waals surface area contributed by atoms with Crippen LogP contribution in [0.4, 0.5) is 4.79 Å². The molecule has 2 aliphatic heterocycles. The highest BCUT2D eigenvalue weighted by Gasteiger charge is 2.59. The summed E-state index contributed by atoms with van der Waals surface area (Å²) in [4.78, 5) is 39.3. The third-order valence-electron chi connectivity index (χ3n) is 8.12. The van der Waals surface area contributed by atoms with Gasteiger partial charge in [0.05, 0.1) is 25.0 Å². The molecule has 2 fully saturated rings. The quantitative estimate of drug-likeness (QED) is 0.242. The van der Waals surface area contributed by atoms with Crippen LogP contribution in [-0.4, -0.2) is 53.3 Å². The van der Waals surface area contributed by atoms with E-state index in [-0.39, 0.29) is 12.1 Å². The lowest BCUT2D eigenvalue weighted by atomic mass is 9.58. The summed E-state index contributed by atoms with van der Waals surface area (Å²) in [5, 5.41) is 20.7. The number of amides is 3. The minimum atomic E-state index is -1.09. The van der Waals surface area contributed by atoms with Gasteiger partial charge in [-0.05, 0) is 72.3 Å². The molecule has 0 radical (unpaired) electrons. The fourth-order valence-electron chi connectivity index (χ4n) is 6.43. The van der Waals surface area contributed by atoms with Crippen LogP contribution >= 0.6 is 0 Å². The van der Waals surface area contributed by atoms with Crippen molar-refractivity contribution < 1.29 is 33.9 Å². The first kappa shape index (κ1) is 26.9. The van der Waals surface area contributed by atoms with E-state index in [1.807, 2.05) is 49.4 Å². The van der Waals surface area contributed by atoms with Crippen LogP contribution in [-0.2, 0) is 19.0 Å². The Labute approximate surface area is 228 Å². The number of likely N-dealkylation sites (tertiary alicyclic amines) is 1. The average Bonchev–Trinajstić information content (AvgIpc) is 3.19. The fourth-order valence-corrected chi connectivity index (χ4v) is 6.43. The Balaban J connectivity index is 1.46. The maximum atomic E-state index is 13.3. The number of aromatic hydroxyl groups is 1. The Morgan fingerprint density at radius 2 is 1.90 bits per heavy atom. The first-order chi connectivity index (χ1) is 18.8. The number of fused-ring (bicyclic) bond motifs is 3. The zero-order valence-corrected chi connectivity index (χ0v) is 22.1. The molecule has 39 heavy (non-hydrogen) atoms. The lowest BCUT2D eigenvalue weighted by Crippen LogP contribution is -2.46. The summed E-state index contributed by atoms with van der Waals surface area (Å²) in [5.74, 6) is -2.66. The number of hydrogen-bond acceptors (Lipinski definition) is 7. The van der Waals surface area contributed by atoms with Crippen molar-refractivity contribution in [3.05, 3.63) is 76.9 Å². The Hall–Kier alpha value is -3.69. The third-order valence-corrected chi connectivity index (χ3v) is 8.12. The van der Waals surface area contributed by atoms with E-state index in [9.17, 15) is 24.5 Å². The number of carbonyl (C=O) groups is 3. The van der Waals surface area contributed by atoms with Crippen LogP contribution in [0.5, 0.6) is 5.75 Å². The van der Waals surface area contributed by atoms with Crippen LogP contribution < -0.4 is 0 Å². The van der Waals surface area contributed by atoms with Gasteiger partial charge in [-0.15, -0.1) is 0 Å². The van der Waals surface area contributed by atoms with Crippen molar-refractivity contribution in [2.45, 2.75) is 45.0 Å². The molecular weight excluding hydrogens is 497 g/mol. The van der Waals surface area contributed by atoms with Crippen molar-refractivity contribution in [2.24, 2.45) is 17.8 Å². The van der Waals surface area contributed by atoms with E-state index in [4.69, 9.17) is 9.39 Å². The van der Waals surface area contributed by atoms with Crippen molar-refractivity contribution in [1.82, 2.24) is 4.90 Å². The maximum absolute atomic E-state index is 13.3. The molecule has 3 amide bonds. The van der Waals surface area contributed by atoms with Gasteiger partial charge in [-0.25, -0.2) is 4.79 Å². The van der Waals surface area contributed by atoms with E-state index in [1.165, 1.54) is 0 Å². The van der Waals surface area contributed by atoms with Crippen molar-refractivity contribution in [2.75, 3.05) is 7.11 Å². The molecule has 5 rings (SSSR count). The molecule has 3 aliphatic rings. The van der Waals surface area contributed by atoms with Gasteiger partial charge in [0.15, 0.2) is 0 Å². The zero-order chi connectivity index (χ0) is 27.7. The normalized spacial score (nSPS) is 25.1. The zero-order valence-electron chi connectivity index (χ0n) is 22.1. The summed E-state index contributed by atoms with van der Waals surface area (Å²) in [7, 11) is 0.0560. The van der Waals surface area contributed by atoms with Gasteiger partial charge in [0.2, 0.25) is 11.8 Å². The number of ether oxygens (including phenoxy) is 1. The summed E-state index contributed by atoms with van der Waals surface area (Å²) < 4.78 is 10.8. The molecule has 4 atom stereocenters. The molecule has 0 spiro atoms. The molecule has 2 saturated heterocycles. The van der Waals surface area contributed by atoms with E-state index in [2.05, 4.69) is 0 Å². The highest BCUT2D eigenvalue weighted by atomic mass is 16.5. The number of benzene rings is 2. The minimum Gasteiger partial charge on any atom is -0.508 e. The van der Waals surface area contributed by atoms with E-state index in [0.717, 1.165) is 35.0 Å². The molecule has 2 heterocycles. The average molecular weight is 529 g/mol. The van der Waals surface area contributed by atoms with Crippen molar-refractivity contribution >= 4 is 36.7 Å². The minimum absolute atomic E-state index is 0.184. The van der Waals surface area contributed by atoms with Crippen molar-refractivity contribution in [1.29, 1.82) is 0 Å². The second-order valence-electron chi connectivity index (χ2n) is 10.3. The number of nitrogens with zero attached hydrogens (tertiary/aromatic N) is 1. The van der Waals surface area contributed by atoms with Crippen molar-refractivity contribution in [3.8, 4) is 5.75 Å². The molecule has 202 valence electrons. The molecular formula is C30H32BNO7. The standard InChI is InChI=1S/C30H32BNO7/c1-3-19-16-23-27(29(35)32(28(23)34)30(36)38-2)24-17-31(37)39-25(26(19)24)13-12-21(20-9-5-4-6-10-20)14-18-8-7-11-22(33)15-18/h4-11,14-15,23-25,27,33,37H,3,12-13,16-17H2,1-2H3/b21-14-/t23-,24+,25-,27-/m1/s1. The molecule has 0 unspecified atom stereocenters. The van der Waals surface area contributed by atoms with E-state index in [0.29, 0.717) is 30.6 Å². The molecule has 0 aromatic heterocycles. The number of allylic oxidation sites excluding steroid dienone is 2. The number of carbonyl (C=O) groups excluding carboxylic acids is 3. The van der Waals surface area contributed by atoms with Gasteiger partial charge in [0, 0.05) is 0 Å².